The number of rotatable bonds is 5. The fourth-order valence-electron chi connectivity index (χ4n) is 1.60. The van der Waals surface area contributed by atoms with E-state index in [0.717, 1.165) is 31.5 Å². The van der Waals surface area contributed by atoms with E-state index in [1.54, 1.807) is 0 Å². The molecule has 0 atom stereocenters. The summed E-state index contributed by atoms with van der Waals surface area (Å²) in [5.74, 6) is 1.35. The Labute approximate surface area is 104 Å². The summed E-state index contributed by atoms with van der Waals surface area (Å²) in [5, 5.41) is 4.02. The van der Waals surface area contributed by atoms with Crippen LogP contribution in [0.2, 0.25) is 0 Å². The van der Waals surface area contributed by atoms with E-state index in [-0.39, 0.29) is 5.41 Å². The number of nitrogens with zero attached hydrogens (tertiary/aromatic N) is 2. The summed E-state index contributed by atoms with van der Waals surface area (Å²) >= 11 is 0. The molecule has 0 aliphatic rings. The van der Waals surface area contributed by atoms with Crippen LogP contribution in [-0.4, -0.2) is 10.1 Å². The molecule has 1 rings (SSSR count). The average Bonchev–Trinajstić information content (AvgIpc) is 2.73. The van der Waals surface area contributed by atoms with Gasteiger partial charge in [-0.15, -0.1) is 0 Å². The first-order valence-electron chi connectivity index (χ1n) is 6.42. The molecule has 0 aromatic carbocycles. The lowest BCUT2D eigenvalue weighted by Gasteiger charge is -2.21. The highest BCUT2D eigenvalue weighted by molar-refractivity contribution is 5.01. The minimum Gasteiger partial charge on any atom is -0.337 e. The maximum absolute atomic E-state index is 6.22. The topological polar surface area (TPSA) is 64.9 Å². The van der Waals surface area contributed by atoms with E-state index < -0.39 is 5.54 Å². The SMILES string of the molecule is CCC(N)(CC)c1nc(CCC(C)(C)C)no1. The third-order valence-corrected chi connectivity index (χ3v) is 3.25. The smallest absolute Gasteiger partial charge is 0.246 e. The Morgan fingerprint density at radius 1 is 1.18 bits per heavy atom. The number of nitrogens with two attached hydrogens (primary N) is 1. The molecule has 0 fully saturated rings. The van der Waals surface area contributed by atoms with Crippen LogP contribution in [0.3, 0.4) is 0 Å². The van der Waals surface area contributed by atoms with Crippen molar-refractivity contribution in [3.05, 3.63) is 11.7 Å². The molecule has 98 valence electrons. The highest BCUT2D eigenvalue weighted by atomic mass is 16.5. The molecule has 4 heteroatoms. The van der Waals surface area contributed by atoms with Gasteiger partial charge in [0.1, 0.15) is 0 Å². The van der Waals surface area contributed by atoms with Gasteiger partial charge in [0.25, 0.3) is 0 Å². The Balaban J connectivity index is 2.71. The van der Waals surface area contributed by atoms with Crippen molar-refractivity contribution in [2.24, 2.45) is 11.1 Å². The van der Waals surface area contributed by atoms with Crippen LogP contribution in [0.5, 0.6) is 0 Å². The van der Waals surface area contributed by atoms with Crippen molar-refractivity contribution in [2.75, 3.05) is 0 Å². The quantitative estimate of drug-likeness (QED) is 0.857. The van der Waals surface area contributed by atoms with Crippen LogP contribution in [0.1, 0.15) is 65.6 Å². The molecule has 0 bridgehead atoms. The fraction of sp³-hybridized carbons (Fsp3) is 0.846. The minimum absolute atomic E-state index is 0.288. The van der Waals surface area contributed by atoms with Gasteiger partial charge in [0.2, 0.25) is 5.89 Å². The molecule has 4 nitrogen and oxygen atoms in total. The van der Waals surface area contributed by atoms with Crippen molar-refractivity contribution < 1.29 is 4.52 Å². The number of hydrogen-bond donors (Lipinski definition) is 1. The van der Waals surface area contributed by atoms with Crippen molar-refractivity contribution >= 4 is 0 Å². The minimum atomic E-state index is -0.465. The normalized spacial score (nSPS) is 13.1. The lowest BCUT2D eigenvalue weighted by Crippen LogP contribution is -2.35. The summed E-state index contributed by atoms with van der Waals surface area (Å²) in [6.45, 7) is 10.7. The Hall–Kier alpha value is -0.900. The van der Waals surface area contributed by atoms with Gasteiger partial charge in [0.15, 0.2) is 5.82 Å². The Kier molecular flexibility index (Phi) is 4.31. The zero-order chi connectivity index (χ0) is 13.1. The molecule has 17 heavy (non-hydrogen) atoms. The van der Waals surface area contributed by atoms with Gasteiger partial charge in [-0.2, -0.15) is 4.98 Å². The first-order valence-corrected chi connectivity index (χ1v) is 6.42. The molecule has 2 N–H and O–H groups in total. The summed E-state index contributed by atoms with van der Waals surface area (Å²) in [7, 11) is 0. The van der Waals surface area contributed by atoms with E-state index in [4.69, 9.17) is 10.3 Å². The van der Waals surface area contributed by atoms with Crippen molar-refractivity contribution in [1.29, 1.82) is 0 Å². The van der Waals surface area contributed by atoms with Gasteiger partial charge in [-0.1, -0.05) is 39.8 Å². The summed E-state index contributed by atoms with van der Waals surface area (Å²) in [6, 6.07) is 0. The molecule has 0 aliphatic heterocycles. The maximum Gasteiger partial charge on any atom is 0.246 e. The molecule has 1 aromatic rings. The van der Waals surface area contributed by atoms with Crippen LogP contribution in [0.25, 0.3) is 0 Å². The van der Waals surface area contributed by atoms with E-state index in [2.05, 4.69) is 30.9 Å². The molecule has 0 spiro atoms. The first kappa shape index (κ1) is 14.2. The van der Waals surface area contributed by atoms with Gasteiger partial charge in [0.05, 0.1) is 5.54 Å². The Morgan fingerprint density at radius 3 is 2.24 bits per heavy atom. The standard InChI is InChI=1S/C13H25N3O/c1-6-13(14,7-2)11-15-10(16-17-11)8-9-12(3,4)5/h6-9,14H2,1-5H3. The van der Waals surface area contributed by atoms with Crippen molar-refractivity contribution in [1.82, 2.24) is 10.1 Å². The Bertz CT molecular complexity index is 348. The second-order valence-electron chi connectivity index (χ2n) is 5.94. The number of hydrogen-bond acceptors (Lipinski definition) is 4. The highest BCUT2D eigenvalue weighted by Gasteiger charge is 2.29. The highest BCUT2D eigenvalue weighted by Crippen LogP contribution is 2.25. The van der Waals surface area contributed by atoms with Crippen LogP contribution in [-0.2, 0) is 12.0 Å². The fourth-order valence-corrected chi connectivity index (χ4v) is 1.60. The molecule has 0 amide bonds. The molecule has 0 radical (unpaired) electrons. The van der Waals surface area contributed by atoms with Crippen molar-refractivity contribution in [2.45, 2.75) is 65.8 Å². The van der Waals surface area contributed by atoms with Gasteiger partial charge in [-0.3, -0.25) is 0 Å². The van der Waals surface area contributed by atoms with Gasteiger partial charge in [0, 0.05) is 6.42 Å². The van der Waals surface area contributed by atoms with E-state index in [1.807, 2.05) is 13.8 Å². The summed E-state index contributed by atoms with van der Waals surface area (Å²) in [4.78, 5) is 4.42. The third-order valence-electron chi connectivity index (χ3n) is 3.25. The van der Waals surface area contributed by atoms with E-state index in [1.165, 1.54) is 0 Å². The predicted molar refractivity (Wildman–Crippen MR) is 68.5 cm³/mol. The van der Waals surface area contributed by atoms with Gasteiger partial charge < -0.3 is 10.3 Å². The lowest BCUT2D eigenvalue weighted by atomic mass is 9.90. The molecular formula is C13H25N3O. The van der Waals surface area contributed by atoms with Crippen molar-refractivity contribution in [3.8, 4) is 0 Å². The summed E-state index contributed by atoms with van der Waals surface area (Å²) in [5.41, 5.74) is 6.04. The average molecular weight is 239 g/mol. The van der Waals surface area contributed by atoms with Gasteiger partial charge in [-0.05, 0) is 24.7 Å². The zero-order valence-corrected chi connectivity index (χ0v) is 11.7. The van der Waals surface area contributed by atoms with E-state index in [0.29, 0.717) is 5.89 Å². The van der Waals surface area contributed by atoms with Gasteiger partial charge in [-0.25, -0.2) is 0 Å². The largest absolute Gasteiger partial charge is 0.337 e. The first-order chi connectivity index (χ1) is 7.80. The van der Waals surface area contributed by atoms with Gasteiger partial charge >= 0.3 is 0 Å². The third kappa shape index (κ3) is 3.80. The molecular weight excluding hydrogens is 214 g/mol. The molecule has 1 heterocycles. The van der Waals surface area contributed by atoms with E-state index >= 15 is 0 Å². The molecule has 1 aromatic heterocycles. The predicted octanol–water partition coefficient (Wildman–Crippen LogP) is 3.02. The second-order valence-corrected chi connectivity index (χ2v) is 5.94. The molecule has 0 unspecified atom stereocenters. The summed E-state index contributed by atoms with van der Waals surface area (Å²) in [6.07, 6.45) is 3.51. The summed E-state index contributed by atoms with van der Waals surface area (Å²) < 4.78 is 5.29. The molecule has 0 saturated carbocycles. The van der Waals surface area contributed by atoms with Crippen LogP contribution in [0.15, 0.2) is 4.52 Å². The monoisotopic (exact) mass is 239 g/mol. The van der Waals surface area contributed by atoms with Crippen LogP contribution in [0.4, 0.5) is 0 Å². The van der Waals surface area contributed by atoms with Crippen LogP contribution < -0.4 is 5.73 Å². The number of aromatic nitrogens is 2. The second kappa shape index (κ2) is 5.17. The number of aryl methyl sites for hydroxylation is 1. The maximum atomic E-state index is 6.22. The molecule has 0 aliphatic carbocycles. The van der Waals surface area contributed by atoms with E-state index in [9.17, 15) is 0 Å². The van der Waals surface area contributed by atoms with Crippen molar-refractivity contribution in [3.63, 3.8) is 0 Å². The van der Waals surface area contributed by atoms with Crippen LogP contribution in [0, 0.1) is 5.41 Å². The van der Waals surface area contributed by atoms with Crippen LogP contribution >= 0.6 is 0 Å². The lowest BCUT2D eigenvalue weighted by molar-refractivity contribution is 0.266. The molecule has 0 saturated heterocycles. The zero-order valence-electron chi connectivity index (χ0n) is 11.7. The Morgan fingerprint density at radius 2 is 1.76 bits per heavy atom.